The standard InChI is InChI=1S/C11H23NO/c1-8(2)11(9(3)4)6-5-10(7-12)13-11/h8-10H,5-7,12H2,1-4H3. The van der Waals surface area contributed by atoms with Gasteiger partial charge < -0.3 is 10.5 Å². The Labute approximate surface area is 81.8 Å². The minimum Gasteiger partial charge on any atom is -0.370 e. The van der Waals surface area contributed by atoms with Crippen LogP contribution in [-0.4, -0.2) is 18.2 Å². The number of rotatable bonds is 3. The molecular formula is C11H23NO. The van der Waals surface area contributed by atoms with E-state index in [1.54, 1.807) is 0 Å². The summed E-state index contributed by atoms with van der Waals surface area (Å²) >= 11 is 0. The highest BCUT2D eigenvalue weighted by molar-refractivity contribution is 4.94. The molecule has 0 aromatic heterocycles. The molecule has 2 nitrogen and oxygen atoms in total. The lowest BCUT2D eigenvalue weighted by atomic mass is 9.78. The van der Waals surface area contributed by atoms with E-state index in [0.717, 1.165) is 6.42 Å². The van der Waals surface area contributed by atoms with Crippen LogP contribution in [-0.2, 0) is 4.74 Å². The van der Waals surface area contributed by atoms with Crippen LogP contribution in [0.15, 0.2) is 0 Å². The summed E-state index contributed by atoms with van der Waals surface area (Å²) in [4.78, 5) is 0. The predicted molar refractivity (Wildman–Crippen MR) is 55.6 cm³/mol. The zero-order chi connectivity index (χ0) is 10.1. The van der Waals surface area contributed by atoms with Gasteiger partial charge in [0.2, 0.25) is 0 Å². The summed E-state index contributed by atoms with van der Waals surface area (Å²) < 4.78 is 6.10. The second-order valence-electron chi connectivity index (χ2n) is 4.78. The summed E-state index contributed by atoms with van der Waals surface area (Å²) in [5.74, 6) is 1.17. The Morgan fingerprint density at radius 1 is 1.31 bits per heavy atom. The molecule has 0 aromatic carbocycles. The molecule has 1 aliphatic heterocycles. The van der Waals surface area contributed by atoms with E-state index < -0.39 is 0 Å². The maximum Gasteiger partial charge on any atom is 0.0733 e. The summed E-state index contributed by atoms with van der Waals surface area (Å²) in [6.45, 7) is 9.66. The van der Waals surface area contributed by atoms with Gasteiger partial charge in [0, 0.05) is 6.54 Å². The fourth-order valence-corrected chi connectivity index (χ4v) is 2.50. The monoisotopic (exact) mass is 185 g/mol. The highest BCUT2D eigenvalue weighted by Crippen LogP contribution is 2.41. The molecule has 0 bridgehead atoms. The molecule has 2 heteroatoms. The van der Waals surface area contributed by atoms with Crippen molar-refractivity contribution in [1.29, 1.82) is 0 Å². The van der Waals surface area contributed by atoms with Crippen molar-refractivity contribution in [2.75, 3.05) is 6.54 Å². The number of nitrogens with two attached hydrogens (primary N) is 1. The number of ether oxygens (including phenoxy) is 1. The van der Waals surface area contributed by atoms with Gasteiger partial charge in [0.15, 0.2) is 0 Å². The van der Waals surface area contributed by atoms with E-state index in [1.807, 2.05) is 0 Å². The summed E-state index contributed by atoms with van der Waals surface area (Å²) in [5, 5.41) is 0. The third-order valence-electron chi connectivity index (χ3n) is 3.46. The van der Waals surface area contributed by atoms with Gasteiger partial charge in [-0.25, -0.2) is 0 Å². The summed E-state index contributed by atoms with van der Waals surface area (Å²) in [6.07, 6.45) is 2.60. The third kappa shape index (κ3) is 1.89. The van der Waals surface area contributed by atoms with E-state index in [0.29, 0.717) is 24.5 Å². The fraction of sp³-hybridized carbons (Fsp3) is 1.00. The van der Waals surface area contributed by atoms with E-state index in [1.165, 1.54) is 6.42 Å². The van der Waals surface area contributed by atoms with Crippen molar-refractivity contribution < 1.29 is 4.74 Å². The van der Waals surface area contributed by atoms with Crippen LogP contribution in [0.1, 0.15) is 40.5 Å². The van der Waals surface area contributed by atoms with Crippen LogP contribution in [0.3, 0.4) is 0 Å². The van der Waals surface area contributed by atoms with Gasteiger partial charge in [0.05, 0.1) is 11.7 Å². The molecule has 2 N–H and O–H groups in total. The first-order chi connectivity index (χ1) is 6.03. The third-order valence-corrected chi connectivity index (χ3v) is 3.46. The van der Waals surface area contributed by atoms with Crippen LogP contribution < -0.4 is 5.73 Å². The van der Waals surface area contributed by atoms with Gasteiger partial charge in [-0.2, -0.15) is 0 Å². The van der Waals surface area contributed by atoms with Crippen molar-refractivity contribution in [3.63, 3.8) is 0 Å². The van der Waals surface area contributed by atoms with Crippen molar-refractivity contribution in [1.82, 2.24) is 0 Å². The molecule has 13 heavy (non-hydrogen) atoms. The van der Waals surface area contributed by atoms with E-state index in [4.69, 9.17) is 10.5 Å². The van der Waals surface area contributed by atoms with E-state index >= 15 is 0 Å². The van der Waals surface area contributed by atoms with Gasteiger partial charge in [-0.05, 0) is 24.7 Å². The first kappa shape index (κ1) is 11.0. The lowest BCUT2D eigenvalue weighted by Crippen LogP contribution is -2.41. The van der Waals surface area contributed by atoms with Crippen LogP contribution in [0.5, 0.6) is 0 Å². The van der Waals surface area contributed by atoms with E-state index in [-0.39, 0.29) is 5.60 Å². The Hall–Kier alpha value is -0.0800. The molecule has 0 aromatic rings. The first-order valence-corrected chi connectivity index (χ1v) is 5.40. The molecular weight excluding hydrogens is 162 g/mol. The number of hydrogen-bond acceptors (Lipinski definition) is 2. The average molecular weight is 185 g/mol. The molecule has 1 atom stereocenters. The molecule has 0 aliphatic carbocycles. The largest absolute Gasteiger partial charge is 0.370 e. The van der Waals surface area contributed by atoms with Crippen LogP contribution in [0, 0.1) is 11.8 Å². The lowest BCUT2D eigenvalue weighted by Gasteiger charge is -2.37. The summed E-state index contributed by atoms with van der Waals surface area (Å²) in [6, 6.07) is 0. The topological polar surface area (TPSA) is 35.2 Å². The molecule has 1 aliphatic rings. The summed E-state index contributed by atoms with van der Waals surface area (Å²) in [7, 11) is 0. The molecule has 0 spiro atoms. The van der Waals surface area contributed by atoms with E-state index in [2.05, 4.69) is 27.7 Å². The summed E-state index contributed by atoms with van der Waals surface area (Å²) in [5.41, 5.74) is 5.72. The average Bonchev–Trinajstić information content (AvgIpc) is 2.48. The minimum absolute atomic E-state index is 0.0873. The molecule has 1 rings (SSSR count). The maximum absolute atomic E-state index is 6.10. The molecule has 1 fully saturated rings. The maximum atomic E-state index is 6.10. The molecule has 0 saturated carbocycles. The van der Waals surface area contributed by atoms with Gasteiger partial charge in [0.25, 0.3) is 0 Å². The SMILES string of the molecule is CC(C)C1(C(C)C)CCC(CN)O1. The van der Waals surface area contributed by atoms with E-state index in [9.17, 15) is 0 Å². The van der Waals surface area contributed by atoms with Crippen molar-refractivity contribution in [2.45, 2.75) is 52.2 Å². The second kappa shape index (κ2) is 3.97. The van der Waals surface area contributed by atoms with Crippen molar-refractivity contribution >= 4 is 0 Å². The Kier molecular flexibility index (Phi) is 3.36. The minimum atomic E-state index is 0.0873. The van der Waals surface area contributed by atoms with Crippen molar-refractivity contribution in [3.8, 4) is 0 Å². The highest BCUT2D eigenvalue weighted by Gasteiger charge is 2.44. The zero-order valence-corrected chi connectivity index (χ0v) is 9.34. The predicted octanol–water partition coefficient (Wildman–Crippen LogP) is 2.17. The Morgan fingerprint density at radius 3 is 2.08 bits per heavy atom. The Balaban J connectivity index is 2.72. The molecule has 1 saturated heterocycles. The fourth-order valence-electron chi connectivity index (χ4n) is 2.50. The lowest BCUT2D eigenvalue weighted by molar-refractivity contribution is -0.0981. The normalized spacial score (nSPS) is 27.5. The molecule has 0 amide bonds. The van der Waals surface area contributed by atoms with Gasteiger partial charge in [-0.1, -0.05) is 27.7 Å². The number of hydrogen-bond donors (Lipinski definition) is 1. The smallest absolute Gasteiger partial charge is 0.0733 e. The molecule has 0 radical (unpaired) electrons. The molecule has 1 heterocycles. The van der Waals surface area contributed by atoms with Crippen LogP contribution in [0.4, 0.5) is 0 Å². The molecule has 1 unspecified atom stereocenters. The van der Waals surface area contributed by atoms with Gasteiger partial charge in [-0.3, -0.25) is 0 Å². The quantitative estimate of drug-likeness (QED) is 0.731. The Bertz CT molecular complexity index is 157. The van der Waals surface area contributed by atoms with Crippen LogP contribution >= 0.6 is 0 Å². The van der Waals surface area contributed by atoms with Crippen LogP contribution in [0.2, 0.25) is 0 Å². The first-order valence-electron chi connectivity index (χ1n) is 5.40. The highest BCUT2D eigenvalue weighted by atomic mass is 16.5. The van der Waals surface area contributed by atoms with Crippen LogP contribution in [0.25, 0.3) is 0 Å². The van der Waals surface area contributed by atoms with Crippen molar-refractivity contribution in [3.05, 3.63) is 0 Å². The zero-order valence-electron chi connectivity index (χ0n) is 9.34. The van der Waals surface area contributed by atoms with Crippen molar-refractivity contribution in [2.24, 2.45) is 17.6 Å². The van der Waals surface area contributed by atoms with Gasteiger partial charge in [0.1, 0.15) is 0 Å². The van der Waals surface area contributed by atoms with Gasteiger partial charge >= 0.3 is 0 Å². The second-order valence-corrected chi connectivity index (χ2v) is 4.78. The molecule has 78 valence electrons. The van der Waals surface area contributed by atoms with Gasteiger partial charge in [-0.15, -0.1) is 0 Å². The Morgan fingerprint density at radius 2 is 1.85 bits per heavy atom.